The first kappa shape index (κ1) is 10.6. The molecule has 5 nitrogen and oxygen atoms in total. The van der Waals surface area contributed by atoms with Crippen LogP contribution in [-0.4, -0.2) is 15.1 Å². The van der Waals surface area contributed by atoms with Gasteiger partial charge in [0, 0.05) is 0 Å². The van der Waals surface area contributed by atoms with E-state index in [0.717, 1.165) is 11.0 Å². The van der Waals surface area contributed by atoms with Gasteiger partial charge in [-0.05, 0) is 30.3 Å². The molecular weight excluding hydrogens is 230 g/mol. The molecule has 5 heteroatoms. The Morgan fingerprint density at radius 3 is 2.94 bits per heavy atom. The van der Waals surface area contributed by atoms with Crippen molar-refractivity contribution in [1.29, 1.82) is 5.26 Å². The smallest absolute Gasteiger partial charge is 0.174 e. The third kappa shape index (κ3) is 1.65. The monoisotopic (exact) mass is 239 g/mol. The van der Waals surface area contributed by atoms with Crippen LogP contribution in [0.15, 0.2) is 34.7 Å². The number of nitriles is 1. The number of nitrogens with one attached hydrogen (secondary N) is 1. The molecule has 18 heavy (non-hydrogen) atoms. The Morgan fingerprint density at radius 1 is 1.33 bits per heavy atom. The molecule has 2 N–H and O–H groups in total. The van der Waals surface area contributed by atoms with E-state index in [1.807, 2.05) is 0 Å². The first-order chi connectivity index (χ1) is 8.80. The molecule has 2 aromatic heterocycles. The van der Waals surface area contributed by atoms with Gasteiger partial charge in [-0.3, -0.25) is 0 Å². The molecule has 0 aliphatic carbocycles. The maximum absolute atomic E-state index is 8.95. The summed E-state index contributed by atoms with van der Waals surface area (Å²) in [5, 5.41) is 17.8. The Hall–Kier alpha value is -2.58. The van der Waals surface area contributed by atoms with Crippen LogP contribution < -0.4 is 0 Å². The normalized spacial score (nSPS) is 10.7. The van der Waals surface area contributed by atoms with Crippen LogP contribution in [0.5, 0.6) is 0 Å². The number of aliphatic hydroxyl groups excluding tert-OH is 1. The Bertz CT molecular complexity index is 749. The number of aromatic nitrogens is 2. The number of imidazole rings is 1. The summed E-state index contributed by atoms with van der Waals surface area (Å²) in [4.78, 5) is 7.45. The average molecular weight is 239 g/mol. The zero-order valence-electron chi connectivity index (χ0n) is 9.34. The van der Waals surface area contributed by atoms with Crippen molar-refractivity contribution in [1.82, 2.24) is 9.97 Å². The van der Waals surface area contributed by atoms with Crippen molar-refractivity contribution >= 4 is 11.0 Å². The molecule has 0 unspecified atom stereocenters. The van der Waals surface area contributed by atoms with Gasteiger partial charge in [-0.1, -0.05) is 0 Å². The molecule has 0 aliphatic heterocycles. The third-order valence-electron chi connectivity index (χ3n) is 2.66. The molecule has 0 fully saturated rings. The fourth-order valence-corrected chi connectivity index (χ4v) is 1.79. The van der Waals surface area contributed by atoms with E-state index in [2.05, 4.69) is 16.0 Å². The quantitative estimate of drug-likeness (QED) is 0.717. The second kappa shape index (κ2) is 4.02. The number of hydrogen-bond donors (Lipinski definition) is 2. The van der Waals surface area contributed by atoms with E-state index in [1.54, 1.807) is 30.3 Å². The van der Waals surface area contributed by atoms with E-state index < -0.39 is 0 Å². The number of hydrogen-bond acceptors (Lipinski definition) is 4. The zero-order valence-corrected chi connectivity index (χ0v) is 9.34. The van der Waals surface area contributed by atoms with Gasteiger partial charge in [-0.2, -0.15) is 5.26 Å². The maximum Gasteiger partial charge on any atom is 0.174 e. The molecule has 0 saturated carbocycles. The summed E-state index contributed by atoms with van der Waals surface area (Å²) < 4.78 is 5.40. The molecule has 0 atom stereocenters. The molecule has 3 aromatic rings. The number of fused-ring (bicyclic) bond motifs is 1. The number of aromatic amines is 1. The highest BCUT2D eigenvalue weighted by Gasteiger charge is 2.09. The lowest BCUT2D eigenvalue weighted by Crippen LogP contribution is -1.77. The van der Waals surface area contributed by atoms with Crippen LogP contribution in [0.1, 0.15) is 11.3 Å². The summed E-state index contributed by atoms with van der Waals surface area (Å²) in [5.74, 6) is 1.64. The summed E-state index contributed by atoms with van der Waals surface area (Å²) in [6.07, 6.45) is 0. The second-order valence-electron chi connectivity index (χ2n) is 3.85. The standard InChI is InChI=1S/C13H9N3O2/c14-6-8-1-3-10-11(5-8)16-13(15-10)12-4-2-9(7-17)18-12/h1-5,17H,7H2,(H,15,16). The summed E-state index contributed by atoms with van der Waals surface area (Å²) >= 11 is 0. The molecule has 3 rings (SSSR count). The van der Waals surface area contributed by atoms with E-state index in [0.29, 0.717) is 22.9 Å². The SMILES string of the molecule is N#Cc1ccc2nc(-c3ccc(CO)o3)[nH]c2c1. The van der Waals surface area contributed by atoms with E-state index in [4.69, 9.17) is 14.8 Å². The van der Waals surface area contributed by atoms with Crippen LogP contribution in [0, 0.1) is 11.3 Å². The van der Waals surface area contributed by atoms with Crippen molar-refractivity contribution in [2.75, 3.05) is 0 Å². The van der Waals surface area contributed by atoms with Crippen LogP contribution in [0.2, 0.25) is 0 Å². The third-order valence-corrected chi connectivity index (χ3v) is 2.66. The van der Waals surface area contributed by atoms with Crippen molar-refractivity contribution in [3.63, 3.8) is 0 Å². The van der Waals surface area contributed by atoms with Gasteiger partial charge in [-0.15, -0.1) is 0 Å². The van der Waals surface area contributed by atoms with Gasteiger partial charge in [0.2, 0.25) is 0 Å². The van der Waals surface area contributed by atoms with E-state index in [9.17, 15) is 0 Å². The second-order valence-corrected chi connectivity index (χ2v) is 3.85. The van der Waals surface area contributed by atoms with Crippen LogP contribution in [0.3, 0.4) is 0 Å². The zero-order chi connectivity index (χ0) is 12.5. The molecule has 0 spiro atoms. The number of nitrogens with zero attached hydrogens (tertiary/aromatic N) is 2. The minimum Gasteiger partial charge on any atom is -0.455 e. The number of aliphatic hydroxyl groups is 1. The highest BCUT2D eigenvalue weighted by molar-refractivity contribution is 5.79. The topological polar surface area (TPSA) is 85.8 Å². The van der Waals surface area contributed by atoms with Crippen molar-refractivity contribution in [3.8, 4) is 17.7 Å². The van der Waals surface area contributed by atoms with E-state index in [1.165, 1.54) is 0 Å². The number of benzene rings is 1. The lowest BCUT2D eigenvalue weighted by Gasteiger charge is -1.89. The van der Waals surface area contributed by atoms with Crippen molar-refractivity contribution in [2.24, 2.45) is 0 Å². The van der Waals surface area contributed by atoms with Gasteiger partial charge < -0.3 is 14.5 Å². The fourth-order valence-electron chi connectivity index (χ4n) is 1.79. The van der Waals surface area contributed by atoms with Crippen molar-refractivity contribution in [2.45, 2.75) is 6.61 Å². The van der Waals surface area contributed by atoms with Gasteiger partial charge >= 0.3 is 0 Å². The molecule has 1 aromatic carbocycles. The highest BCUT2D eigenvalue weighted by Crippen LogP contribution is 2.23. The predicted molar refractivity (Wildman–Crippen MR) is 64.4 cm³/mol. The van der Waals surface area contributed by atoms with Crippen LogP contribution in [0.4, 0.5) is 0 Å². The molecule has 0 radical (unpaired) electrons. The van der Waals surface area contributed by atoms with Crippen LogP contribution in [-0.2, 0) is 6.61 Å². The van der Waals surface area contributed by atoms with E-state index in [-0.39, 0.29) is 6.61 Å². The number of rotatable bonds is 2. The van der Waals surface area contributed by atoms with Crippen LogP contribution >= 0.6 is 0 Å². The summed E-state index contributed by atoms with van der Waals surface area (Å²) in [6.45, 7) is -0.140. The first-order valence-corrected chi connectivity index (χ1v) is 5.40. The number of furan rings is 1. The van der Waals surface area contributed by atoms with Gasteiger partial charge in [0.15, 0.2) is 11.6 Å². The molecule has 0 saturated heterocycles. The summed E-state index contributed by atoms with van der Waals surface area (Å²) in [6, 6.07) is 10.8. The Labute approximate surface area is 102 Å². The summed E-state index contributed by atoms with van der Waals surface area (Å²) in [5.41, 5.74) is 2.13. The minimum atomic E-state index is -0.140. The lowest BCUT2D eigenvalue weighted by molar-refractivity contribution is 0.248. The minimum absolute atomic E-state index is 0.140. The first-order valence-electron chi connectivity index (χ1n) is 5.40. The van der Waals surface area contributed by atoms with Crippen molar-refractivity contribution < 1.29 is 9.52 Å². The molecule has 0 amide bonds. The molecule has 0 aliphatic rings. The Morgan fingerprint density at radius 2 is 2.22 bits per heavy atom. The highest BCUT2D eigenvalue weighted by atomic mass is 16.4. The molecule has 0 bridgehead atoms. The average Bonchev–Trinajstić information content (AvgIpc) is 3.03. The maximum atomic E-state index is 8.95. The fraction of sp³-hybridized carbons (Fsp3) is 0.0769. The lowest BCUT2D eigenvalue weighted by atomic mass is 10.2. The van der Waals surface area contributed by atoms with Crippen molar-refractivity contribution in [3.05, 3.63) is 41.7 Å². The van der Waals surface area contributed by atoms with E-state index >= 15 is 0 Å². The van der Waals surface area contributed by atoms with Gasteiger partial charge in [0.1, 0.15) is 12.4 Å². The number of H-pyrrole nitrogens is 1. The predicted octanol–water partition coefficient (Wildman–Crippen LogP) is 2.19. The molecular formula is C13H9N3O2. The molecule has 88 valence electrons. The molecule has 2 heterocycles. The van der Waals surface area contributed by atoms with Gasteiger partial charge in [-0.25, -0.2) is 4.98 Å². The Balaban J connectivity index is 2.10. The summed E-state index contributed by atoms with van der Waals surface area (Å²) in [7, 11) is 0. The van der Waals surface area contributed by atoms with Crippen LogP contribution in [0.25, 0.3) is 22.6 Å². The largest absolute Gasteiger partial charge is 0.455 e. The van der Waals surface area contributed by atoms with Gasteiger partial charge in [0.05, 0.1) is 22.7 Å². The Kier molecular flexibility index (Phi) is 2.36. The van der Waals surface area contributed by atoms with Gasteiger partial charge in [0.25, 0.3) is 0 Å².